The first kappa shape index (κ1) is 13.4. The number of amides is 1. The molecule has 2 aromatic rings. The summed E-state index contributed by atoms with van der Waals surface area (Å²) in [7, 11) is 0. The number of rotatable bonds is 3. The molecule has 1 aromatic carbocycles. The summed E-state index contributed by atoms with van der Waals surface area (Å²) in [5.41, 5.74) is 1.28. The highest BCUT2D eigenvalue weighted by Crippen LogP contribution is 2.18. The minimum Gasteiger partial charge on any atom is -0.508 e. The van der Waals surface area contributed by atoms with Gasteiger partial charge in [0.1, 0.15) is 10.9 Å². The molecule has 1 atom stereocenters. The maximum Gasteiger partial charge on any atom is 0.251 e. The molecular formula is C14H13ClN2O2. The predicted molar refractivity (Wildman–Crippen MR) is 73.2 cm³/mol. The zero-order valence-corrected chi connectivity index (χ0v) is 11.1. The van der Waals surface area contributed by atoms with Gasteiger partial charge < -0.3 is 10.4 Å². The lowest BCUT2D eigenvalue weighted by molar-refractivity contribution is 0.0939. The molecule has 5 heteroatoms. The molecule has 0 bridgehead atoms. The summed E-state index contributed by atoms with van der Waals surface area (Å²) in [6, 6.07) is 9.65. The van der Waals surface area contributed by atoms with Gasteiger partial charge in [-0.1, -0.05) is 23.7 Å². The second kappa shape index (κ2) is 5.71. The molecule has 1 heterocycles. The number of aromatic hydroxyl groups is 1. The second-order valence-corrected chi connectivity index (χ2v) is 4.54. The molecule has 1 amide bonds. The molecule has 0 radical (unpaired) electrons. The van der Waals surface area contributed by atoms with Crippen LogP contribution in [0.1, 0.15) is 28.9 Å². The van der Waals surface area contributed by atoms with E-state index in [1.165, 1.54) is 12.3 Å². The molecule has 1 unspecified atom stereocenters. The van der Waals surface area contributed by atoms with Crippen molar-refractivity contribution in [2.24, 2.45) is 0 Å². The molecule has 4 nitrogen and oxygen atoms in total. The van der Waals surface area contributed by atoms with Crippen LogP contribution >= 0.6 is 11.6 Å². The molecule has 1 aromatic heterocycles. The molecular weight excluding hydrogens is 264 g/mol. The van der Waals surface area contributed by atoms with E-state index in [2.05, 4.69) is 10.3 Å². The number of aromatic nitrogens is 1. The van der Waals surface area contributed by atoms with Crippen LogP contribution in [0.5, 0.6) is 5.75 Å². The number of nitrogens with one attached hydrogen (secondary N) is 1. The second-order valence-electron chi connectivity index (χ2n) is 4.16. The van der Waals surface area contributed by atoms with Crippen LogP contribution in [0.2, 0.25) is 5.15 Å². The van der Waals surface area contributed by atoms with Crippen molar-refractivity contribution in [1.82, 2.24) is 10.3 Å². The molecule has 2 N–H and O–H groups in total. The van der Waals surface area contributed by atoms with Gasteiger partial charge in [0, 0.05) is 11.8 Å². The molecule has 19 heavy (non-hydrogen) atoms. The van der Waals surface area contributed by atoms with Crippen LogP contribution in [-0.2, 0) is 0 Å². The largest absolute Gasteiger partial charge is 0.508 e. The Morgan fingerprint density at radius 2 is 2.16 bits per heavy atom. The summed E-state index contributed by atoms with van der Waals surface area (Å²) in [5, 5.41) is 12.5. The average Bonchev–Trinajstić information content (AvgIpc) is 2.38. The number of hydrogen-bond acceptors (Lipinski definition) is 3. The van der Waals surface area contributed by atoms with Crippen LogP contribution in [0, 0.1) is 0 Å². The highest BCUT2D eigenvalue weighted by Gasteiger charge is 2.12. The van der Waals surface area contributed by atoms with Crippen molar-refractivity contribution in [2.45, 2.75) is 13.0 Å². The number of carbonyl (C=O) groups is 1. The quantitative estimate of drug-likeness (QED) is 0.847. The monoisotopic (exact) mass is 276 g/mol. The number of phenolic OH excluding ortho intramolecular Hbond substituents is 1. The van der Waals surface area contributed by atoms with E-state index in [4.69, 9.17) is 11.6 Å². The highest BCUT2D eigenvalue weighted by molar-refractivity contribution is 6.29. The van der Waals surface area contributed by atoms with Gasteiger partial charge in [0.15, 0.2) is 0 Å². The number of nitrogens with zero attached hydrogens (tertiary/aromatic N) is 1. The smallest absolute Gasteiger partial charge is 0.251 e. The summed E-state index contributed by atoms with van der Waals surface area (Å²) >= 11 is 5.74. The number of halogens is 1. The van der Waals surface area contributed by atoms with Gasteiger partial charge in [-0.3, -0.25) is 4.79 Å². The maximum absolute atomic E-state index is 12.0. The fraction of sp³-hybridized carbons (Fsp3) is 0.143. The van der Waals surface area contributed by atoms with Gasteiger partial charge in [0.2, 0.25) is 0 Å². The van der Waals surface area contributed by atoms with Crippen LogP contribution in [0.4, 0.5) is 0 Å². The van der Waals surface area contributed by atoms with Gasteiger partial charge in [-0.25, -0.2) is 4.98 Å². The van der Waals surface area contributed by atoms with E-state index < -0.39 is 0 Å². The molecule has 0 aliphatic rings. The van der Waals surface area contributed by atoms with Crippen molar-refractivity contribution in [3.63, 3.8) is 0 Å². The van der Waals surface area contributed by atoms with E-state index in [0.29, 0.717) is 5.56 Å². The minimum absolute atomic E-state index is 0.172. The Labute approximate surface area is 116 Å². The Bertz CT molecular complexity index is 602. The first-order valence-corrected chi connectivity index (χ1v) is 6.15. The number of pyridine rings is 1. The number of phenols is 1. The summed E-state index contributed by atoms with van der Waals surface area (Å²) in [4.78, 5) is 15.8. The number of carbonyl (C=O) groups excluding carboxylic acids is 1. The summed E-state index contributed by atoms with van der Waals surface area (Å²) in [6.45, 7) is 1.84. The van der Waals surface area contributed by atoms with Crippen molar-refractivity contribution in [3.8, 4) is 5.75 Å². The van der Waals surface area contributed by atoms with E-state index in [1.54, 1.807) is 24.3 Å². The first-order valence-electron chi connectivity index (χ1n) is 5.77. The van der Waals surface area contributed by atoms with Crippen LogP contribution in [0.25, 0.3) is 0 Å². The molecule has 0 saturated heterocycles. The molecule has 0 aliphatic carbocycles. The van der Waals surface area contributed by atoms with Crippen molar-refractivity contribution >= 4 is 17.5 Å². The molecule has 0 saturated carbocycles. The lowest BCUT2D eigenvalue weighted by Gasteiger charge is -2.14. The molecule has 0 fully saturated rings. The normalized spacial score (nSPS) is 11.9. The van der Waals surface area contributed by atoms with Gasteiger partial charge in [-0.05, 0) is 36.8 Å². The van der Waals surface area contributed by atoms with Crippen LogP contribution in [-0.4, -0.2) is 16.0 Å². The van der Waals surface area contributed by atoms with Crippen molar-refractivity contribution in [1.29, 1.82) is 0 Å². The Kier molecular flexibility index (Phi) is 4.02. The fourth-order valence-corrected chi connectivity index (χ4v) is 1.88. The average molecular weight is 277 g/mol. The standard InChI is InChI=1S/C14H13ClN2O2/c1-9(10-3-2-4-12(18)7-10)17-14(19)11-5-6-16-13(15)8-11/h2-9,18H,1H3,(H,17,19). The Hall–Kier alpha value is -2.07. The van der Waals surface area contributed by atoms with Gasteiger partial charge in [-0.15, -0.1) is 0 Å². The van der Waals surface area contributed by atoms with Gasteiger partial charge in [-0.2, -0.15) is 0 Å². The molecule has 0 aliphatic heterocycles. The minimum atomic E-state index is -0.236. The van der Waals surface area contributed by atoms with Crippen molar-refractivity contribution in [3.05, 3.63) is 58.9 Å². The third-order valence-electron chi connectivity index (χ3n) is 2.71. The number of benzene rings is 1. The SMILES string of the molecule is CC(NC(=O)c1ccnc(Cl)c1)c1cccc(O)c1. The van der Waals surface area contributed by atoms with E-state index in [1.807, 2.05) is 13.0 Å². The third-order valence-corrected chi connectivity index (χ3v) is 2.91. The maximum atomic E-state index is 12.0. The molecule has 2 rings (SSSR count). The first-order chi connectivity index (χ1) is 9.06. The zero-order chi connectivity index (χ0) is 13.8. The summed E-state index contributed by atoms with van der Waals surface area (Å²) in [6.07, 6.45) is 1.48. The van der Waals surface area contributed by atoms with Crippen LogP contribution < -0.4 is 5.32 Å². The van der Waals surface area contributed by atoms with E-state index in [-0.39, 0.29) is 22.9 Å². The lowest BCUT2D eigenvalue weighted by atomic mass is 10.1. The van der Waals surface area contributed by atoms with E-state index in [0.717, 1.165) is 5.56 Å². The third kappa shape index (κ3) is 3.45. The van der Waals surface area contributed by atoms with Gasteiger partial charge >= 0.3 is 0 Å². The Balaban J connectivity index is 2.11. The lowest BCUT2D eigenvalue weighted by Crippen LogP contribution is -2.26. The zero-order valence-electron chi connectivity index (χ0n) is 10.3. The van der Waals surface area contributed by atoms with Crippen molar-refractivity contribution < 1.29 is 9.90 Å². The van der Waals surface area contributed by atoms with E-state index >= 15 is 0 Å². The van der Waals surface area contributed by atoms with Crippen LogP contribution in [0.15, 0.2) is 42.6 Å². The number of hydrogen-bond donors (Lipinski definition) is 2. The topological polar surface area (TPSA) is 62.2 Å². The summed E-state index contributed by atoms with van der Waals surface area (Å²) < 4.78 is 0. The van der Waals surface area contributed by atoms with Gasteiger partial charge in [0.25, 0.3) is 5.91 Å². The molecule has 0 spiro atoms. The Morgan fingerprint density at radius 1 is 1.37 bits per heavy atom. The van der Waals surface area contributed by atoms with E-state index in [9.17, 15) is 9.90 Å². The molecule has 98 valence electrons. The van der Waals surface area contributed by atoms with Gasteiger partial charge in [0.05, 0.1) is 6.04 Å². The highest BCUT2D eigenvalue weighted by atomic mass is 35.5. The Morgan fingerprint density at radius 3 is 2.84 bits per heavy atom. The van der Waals surface area contributed by atoms with Crippen LogP contribution in [0.3, 0.4) is 0 Å². The fourth-order valence-electron chi connectivity index (χ4n) is 1.70. The van der Waals surface area contributed by atoms with Crippen molar-refractivity contribution in [2.75, 3.05) is 0 Å². The summed E-state index contributed by atoms with van der Waals surface area (Å²) in [5.74, 6) is -0.0642. The predicted octanol–water partition coefficient (Wildman–Crippen LogP) is 2.93.